The number of hydrazone groups is 1. The Kier molecular flexibility index (Phi) is 28.6. The largest absolute Gasteiger partial charge is 1.00 e. The number of anilines is 1. The maximum atomic E-state index is 13.9. The molecule has 0 radical (unpaired) electrons. The monoisotopic (exact) mass is 1050 g/mol. The van der Waals surface area contributed by atoms with E-state index < -0.39 is 64.8 Å². The number of hydrogen-bond acceptors (Lipinski definition) is 22. The Morgan fingerprint density at radius 1 is 0.921 bits per heavy atom. The number of hydrogen-bond donors (Lipinski definition) is 3. The van der Waals surface area contributed by atoms with Crippen LogP contribution in [0.3, 0.4) is 0 Å². The van der Waals surface area contributed by atoms with Crippen LogP contribution in [0.1, 0.15) is 28.9 Å². The average Bonchev–Trinajstić information content (AvgIpc) is 3.87. The van der Waals surface area contributed by atoms with Crippen molar-refractivity contribution in [3.05, 3.63) is 77.2 Å². The van der Waals surface area contributed by atoms with Gasteiger partial charge in [-0.15, -0.1) is 5.10 Å². The summed E-state index contributed by atoms with van der Waals surface area (Å²) in [6, 6.07) is 5.90. The van der Waals surface area contributed by atoms with E-state index in [-0.39, 0.29) is 264 Å². The molecule has 24 nitrogen and oxygen atoms in total. The number of aromatic hydroxyl groups is 1. The number of amides is 3. The minimum Gasteiger partial charge on any atom is -0.744 e. The van der Waals surface area contributed by atoms with Gasteiger partial charge in [0.15, 0.2) is 5.69 Å². The maximum Gasteiger partial charge on any atom is 1.00 e. The molecule has 316 valence electrons. The van der Waals surface area contributed by atoms with Crippen LogP contribution in [-0.2, 0) is 53.3 Å². The number of aromatic nitrogens is 2. The van der Waals surface area contributed by atoms with Gasteiger partial charge >= 0.3 is 206 Å². The molecule has 3 heterocycles. The van der Waals surface area contributed by atoms with Crippen molar-refractivity contribution in [3.63, 3.8) is 0 Å². The number of ether oxygens (including phenoxy) is 1. The van der Waals surface area contributed by atoms with E-state index in [1.54, 1.807) is 0 Å². The molecule has 3 aromatic rings. The third-order valence-electron chi connectivity index (χ3n) is 7.93. The molecule has 2 aliphatic rings. The van der Waals surface area contributed by atoms with E-state index in [0.717, 1.165) is 48.6 Å². The van der Waals surface area contributed by atoms with Gasteiger partial charge in [-0.25, -0.2) is 16.8 Å². The molecule has 32 heteroatoms. The van der Waals surface area contributed by atoms with E-state index in [1.165, 1.54) is 31.1 Å². The Morgan fingerprint density at radius 2 is 1.49 bits per heavy atom. The molecule has 3 amide bonds. The first-order chi connectivity index (χ1) is 28.0. The van der Waals surface area contributed by atoms with Gasteiger partial charge < -0.3 is 39.7 Å². The molecular formula is C31H27K4N7O17S4. The van der Waals surface area contributed by atoms with E-state index >= 15 is 0 Å². The van der Waals surface area contributed by atoms with Gasteiger partial charge in [-0.1, -0.05) is 0 Å². The Morgan fingerprint density at radius 3 is 2.00 bits per heavy atom. The third-order valence-corrected chi connectivity index (χ3v) is 10.8. The molecular weight excluding hydrogens is 1030 g/mol. The van der Waals surface area contributed by atoms with Gasteiger partial charge in [0.05, 0.1) is 50.8 Å². The maximum absolute atomic E-state index is 13.9. The number of benzene rings is 2. The molecule has 3 N–H and O–H groups in total. The van der Waals surface area contributed by atoms with Crippen molar-refractivity contribution in [2.75, 3.05) is 32.4 Å². The third kappa shape index (κ3) is 16.2. The number of nitrogens with zero attached hydrogens (tertiary/aromatic N) is 5. The summed E-state index contributed by atoms with van der Waals surface area (Å²) in [7, 11) is -7.74. The normalized spacial score (nSPS) is 14.9. The number of rotatable bonds is 17. The molecule has 1 aromatic heterocycles. The molecule has 0 spiro atoms. The molecule has 63 heavy (non-hydrogen) atoms. The summed E-state index contributed by atoms with van der Waals surface area (Å²) in [6.07, 6.45) is 5.31. The zero-order chi connectivity index (χ0) is 43.1. The minimum atomic E-state index is -5.24. The first-order valence-corrected chi connectivity index (χ1v) is 20.5. The van der Waals surface area contributed by atoms with E-state index in [2.05, 4.69) is 39.6 Å². The van der Waals surface area contributed by atoms with Crippen LogP contribution in [0.25, 0.3) is 11.8 Å². The van der Waals surface area contributed by atoms with Gasteiger partial charge in [-0.2, -0.15) is 23.5 Å². The summed E-state index contributed by atoms with van der Waals surface area (Å²) in [4.78, 5) is 39.4. The fourth-order valence-corrected chi connectivity index (χ4v) is 7.48. The van der Waals surface area contributed by atoms with E-state index in [1.807, 2.05) is 0 Å². The van der Waals surface area contributed by atoms with E-state index in [4.69, 9.17) is 4.74 Å². The molecule has 0 atom stereocenters. The number of carbonyl (C=O) groups excluding carboxylic acids is 3. The predicted molar refractivity (Wildman–Crippen MR) is 193 cm³/mol. The van der Waals surface area contributed by atoms with Gasteiger partial charge in [0, 0.05) is 35.5 Å². The first-order valence-electron chi connectivity index (χ1n) is 16.2. The fourth-order valence-electron chi connectivity index (χ4n) is 5.43. The zero-order valence-corrected chi connectivity index (χ0v) is 49.7. The van der Waals surface area contributed by atoms with Crippen molar-refractivity contribution in [2.45, 2.75) is 32.4 Å². The van der Waals surface area contributed by atoms with Gasteiger partial charge in [0.25, 0.3) is 11.8 Å². The van der Waals surface area contributed by atoms with Gasteiger partial charge in [0.2, 0.25) is 17.7 Å². The smallest absolute Gasteiger partial charge is 0.744 e. The van der Waals surface area contributed by atoms with Crippen LogP contribution >= 0.6 is 24.1 Å². The number of allylic oxidation sites excluding steroid dienone is 3. The van der Waals surface area contributed by atoms with Crippen LogP contribution in [-0.4, -0.2) is 96.7 Å². The minimum absolute atomic E-state index is 0. The van der Waals surface area contributed by atoms with Crippen molar-refractivity contribution in [2.24, 2.45) is 5.10 Å². The summed E-state index contributed by atoms with van der Waals surface area (Å²) in [5.74, 6) is -3.53. The summed E-state index contributed by atoms with van der Waals surface area (Å²) in [5.41, 5.74) is -2.22. The van der Waals surface area contributed by atoms with Gasteiger partial charge in [0.1, 0.15) is 32.5 Å². The zero-order valence-electron chi connectivity index (χ0n) is 34.0. The Labute approximate surface area is 537 Å². The second kappa shape index (κ2) is 28.9. The summed E-state index contributed by atoms with van der Waals surface area (Å²) in [5, 5.41) is 52.4. The number of likely N-dealkylation sites (tertiary alicyclic amines) is 1. The molecule has 1 saturated heterocycles. The average molecular weight is 1050 g/mol. The summed E-state index contributed by atoms with van der Waals surface area (Å²) >= 11 is 0.654. The molecule has 5 rings (SSSR count). The molecule has 2 aromatic carbocycles. The molecule has 2 aliphatic heterocycles. The van der Waals surface area contributed by atoms with Crippen molar-refractivity contribution >= 4 is 79.7 Å². The predicted octanol–water partition coefficient (Wildman–Crippen LogP) is -12.8. The van der Waals surface area contributed by atoms with Crippen LogP contribution in [0.4, 0.5) is 5.69 Å². The summed E-state index contributed by atoms with van der Waals surface area (Å²) < 4.78 is 87.8. The van der Waals surface area contributed by atoms with Gasteiger partial charge in [-0.05, 0) is 74.2 Å². The molecule has 0 unspecified atom stereocenters. The van der Waals surface area contributed by atoms with E-state index in [0.29, 0.717) is 40.2 Å². The number of carbonyl (C=O) groups is 3. The second-order valence-electron chi connectivity index (χ2n) is 11.5. The summed E-state index contributed by atoms with van der Waals surface area (Å²) in [6.45, 7) is -0.0603. The topological polar surface area (TPSA) is 339 Å². The van der Waals surface area contributed by atoms with Crippen LogP contribution in [0.2, 0.25) is 0 Å². The van der Waals surface area contributed by atoms with E-state index in [9.17, 15) is 55.9 Å². The Balaban J connectivity index is 0.00000496. The SMILES string of the molecule is CNCOC1=NN(c2cc(SOO[O-])ccc2S(=O)(=O)[O-])C(=O)/C1=C\C=C(C=Cc1c(C(=O)NC)nn(-c2cc(SOO[O-])ccc2S(=O)(=O)[O-])c1O)N1CCCC1=O.[K+].[K+].[K+].[K+]. The number of nitrogens with one attached hydrogen (secondary N) is 2. The molecule has 0 bridgehead atoms. The van der Waals surface area contributed by atoms with Crippen LogP contribution in [0, 0.1) is 0 Å². The van der Waals surface area contributed by atoms with Crippen molar-refractivity contribution in [1.82, 2.24) is 25.3 Å². The van der Waals surface area contributed by atoms with Gasteiger partial charge in [-0.3, -0.25) is 29.8 Å². The first kappa shape index (κ1) is 62.4. The second-order valence-corrected chi connectivity index (χ2v) is 15.7. The Hall–Kier alpha value is 1.34. The fraction of sp³-hybridized carbons (Fsp3) is 0.194. The van der Waals surface area contributed by atoms with Crippen LogP contribution in [0.5, 0.6) is 5.88 Å². The van der Waals surface area contributed by atoms with Crippen molar-refractivity contribution in [3.8, 4) is 11.6 Å². The van der Waals surface area contributed by atoms with Crippen molar-refractivity contribution < 1.29 is 285 Å². The van der Waals surface area contributed by atoms with Crippen LogP contribution < -0.4 is 232 Å². The van der Waals surface area contributed by atoms with Crippen LogP contribution in [0.15, 0.2) is 90.6 Å². The standard InChI is InChI=1S/C31H31N7O17S4.4K/c1-32-16-51-29-21(31(42)38(35-29)23-15-19(57-55-53-44)8-12-25(23)59(48,49)50)10-6-17(36-13-3-4-26(36)39)5-9-20-27(28(40)33-2)34-37(30(20)41)22-14-18(56-54-52-43)7-11-24(22)58(45,46)47;;;;/h5-12,14-15,32,41,43-44H,3-4,13,16H2,1-2H3,(H,33,40)(H,45,46,47)(H,48,49,50);;;;/q;4*+1/p-4/b9-5?,17-6?,21-10-;;;;. The molecule has 1 fully saturated rings. The molecule has 0 aliphatic carbocycles. The quantitative estimate of drug-likeness (QED) is 0.0165. The molecule has 0 saturated carbocycles. The Bertz CT molecular complexity index is 2510. The van der Waals surface area contributed by atoms with Crippen molar-refractivity contribution in [1.29, 1.82) is 0 Å².